The molecule has 2 aromatic rings. The van der Waals surface area contributed by atoms with Crippen LogP contribution in [-0.2, 0) is 16.0 Å². The number of amides is 2. The second kappa shape index (κ2) is 7.10. The SMILES string of the molecule is CCc1noc(-c2ccc(N3CC(CNC(C)=O)OC3=O)cc2Cl)n1. The lowest BCUT2D eigenvalue weighted by molar-refractivity contribution is -0.119. The highest BCUT2D eigenvalue weighted by atomic mass is 35.5. The zero-order valence-electron chi connectivity index (χ0n) is 13.8. The maximum atomic E-state index is 12.0. The fourth-order valence-corrected chi connectivity index (χ4v) is 2.70. The van der Waals surface area contributed by atoms with Crippen LogP contribution in [0.4, 0.5) is 10.5 Å². The summed E-state index contributed by atoms with van der Waals surface area (Å²) in [5.74, 6) is 0.757. The standard InChI is InChI=1S/C16H17ClN4O4/c1-3-14-19-15(25-20-14)12-5-4-10(6-13(12)17)21-8-11(24-16(21)23)7-18-9(2)22/h4-6,11H,3,7-8H2,1-2H3,(H,18,22). The van der Waals surface area contributed by atoms with Gasteiger partial charge in [-0.1, -0.05) is 23.7 Å². The predicted octanol–water partition coefficient (Wildman–Crippen LogP) is 2.41. The molecule has 0 bridgehead atoms. The zero-order chi connectivity index (χ0) is 18.0. The highest BCUT2D eigenvalue weighted by molar-refractivity contribution is 6.33. The third kappa shape index (κ3) is 3.74. The van der Waals surface area contributed by atoms with Crippen molar-refractivity contribution in [3.63, 3.8) is 0 Å². The summed E-state index contributed by atoms with van der Waals surface area (Å²) in [6.07, 6.45) is -0.225. The molecule has 1 saturated heterocycles. The number of ether oxygens (including phenoxy) is 1. The van der Waals surface area contributed by atoms with Crippen molar-refractivity contribution in [2.45, 2.75) is 26.4 Å². The average Bonchev–Trinajstić information content (AvgIpc) is 3.19. The number of hydrogen-bond acceptors (Lipinski definition) is 6. The summed E-state index contributed by atoms with van der Waals surface area (Å²) in [5, 5.41) is 6.87. The van der Waals surface area contributed by atoms with E-state index in [0.717, 1.165) is 0 Å². The number of nitrogens with one attached hydrogen (secondary N) is 1. The fraction of sp³-hybridized carbons (Fsp3) is 0.375. The molecule has 132 valence electrons. The van der Waals surface area contributed by atoms with Crippen molar-refractivity contribution in [2.24, 2.45) is 0 Å². The number of aryl methyl sites for hydroxylation is 1. The van der Waals surface area contributed by atoms with Crippen molar-refractivity contribution in [2.75, 3.05) is 18.0 Å². The largest absolute Gasteiger partial charge is 0.442 e. The van der Waals surface area contributed by atoms with Crippen LogP contribution in [0.1, 0.15) is 19.7 Å². The van der Waals surface area contributed by atoms with Crippen LogP contribution >= 0.6 is 11.6 Å². The topological polar surface area (TPSA) is 97.6 Å². The van der Waals surface area contributed by atoms with Crippen molar-refractivity contribution in [1.82, 2.24) is 15.5 Å². The summed E-state index contributed by atoms with van der Waals surface area (Å²) in [6.45, 7) is 3.94. The van der Waals surface area contributed by atoms with Crippen LogP contribution in [0.25, 0.3) is 11.5 Å². The number of carbonyl (C=O) groups excluding carboxylic acids is 2. The molecule has 2 amide bonds. The van der Waals surface area contributed by atoms with Crippen LogP contribution in [0.15, 0.2) is 22.7 Å². The Morgan fingerprint density at radius 2 is 2.28 bits per heavy atom. The Labute approximate surface area is 149 Å². The lowest BCUT2D eigenvalue weighted by atomic mass is 10.2. The molecule has 8 nitrogen and oxygen atoms in total. The van der Waals surface area contributed by atoms with E-state index in [1.807, 2.05) is 6.92 Å². The van der Waals surface area contributed by atoms with Gasteiger partial charge in [-0.25, -0.2) is 4.79 Å². The van der Waals surface area contributed by atoms with Crippen molar-refractivity contribution >= 4 is 29.3 Å². The molecule has 1 aliphatic rings. The molecule has 1 aromatic heterocycles. The van der Waals surface area contributed by atoms with E-state index in [1.165, 1.54) is 11.8 Å². The third-order valence-corrected chi connectivity index (χ3v) is 4.04. The molecule has 25 heavy (non-hydrogen) atoms. The second-order valence-electron chi connectivity index (χ2n) is 5.59. The normalized spacial score (nSPS) is 16.8. The summed E-state index contributed by atoms with van der Waals surface area (Å²) in [6, 6.07) is 5.10. The number of anilines is 1. The lowest BCUT2D eigenvalue weighted by Crippen LogP contribution is -2.33. The minimum atomic E-state index is -0.481. The van der Waals surface area contributed by atoms with Crippen molar-refractivity contribution in [3.8, 4) is 11.5 Å². The van der Waals surface area contributed by atoms with Gasteiger partial charge in [0.1, 0.15) is 6.10 Å². The quantitative estimate of drug-likeness (QED) is 0.874. The molecule has 2 heterocycles. The first-order valence-corrected chi connectivity index (χ1v) is 8.20. The Balaban J connectivity index is 1.76. The summed E-state index contributed by atoms with van der Waals surface area (Å²) in [4.78, 5) is 28.7. The van der Waals surface area contributed by atoms with Crippen molar-refractivity contribution in [3.05, 3.63) is 29.0 Å². The van der Waals surface area contributed by atoms with E-state index in [2.05, 4.69) is 15.5 Å². The van der Waals surface area contributed by atoms with E-state index in [0.29, 0.717) is 41.0 Å². The van der Waals surface area contributed by atoms with Gasteiger partial charge >= 0.3 is 6.09 Å². The molecule has 0 saturated carbocycles. The van der Waals surface area contributed by atoms with Crippen LogP contribution < -0.4 is 10.2 Å². The molecule has 3 rings (SSSR count). The highest BCUT2D eigenvalue weighted by Crippen LogP contribution is 2.32. The van der Waals surface area contributed by atoms with Gasteiger partial charge in [0.15, 0.2) is 5.82 Å². The van der Waals surface area contributed by atoms with E-state index in [-0.39, 0.29) is 12.5 Å². The number of benzene rings is 1. The maximum absolute atomic E-state index is 12.0. The average molecular weight is 365 g/mol. The zero-order valence-corrected chi connectivity index (χ0v) is 14.5. The van der Waals surface area contributed by atoms with Gasteiger partial charge in [-0.15, -0.1) is 0 Å². The lowest BCUT2D eigenvalue weighted by Gasteiger charge is -2.14. The van der Waals surface area contributed by atoms with Gasteiger partial charge in [0.05, 0.1) is 23.7 Å². The third-order valence-electron chi connectivity index (χ3n) is 3.73. The molecule has 1 unspecified atom stereocenters. The second-order valence-corrected chi connectivity index (χ2v) is 5.99. The number of nitrogens with zero attached hydrogens (tertiary/aromatic N) is 3. The van der Waals surface area contributed by atoms with Crippen LogP contribution in [0.5, 0.6) is 0 Å². The van der Waals surface area contributed by atoms with E-state index >= 15 is 0 Å². The van der Waals surface area contributed by atoms with Gasteiger partial charge in [0, 0.05) is 19.0 Å². The van der Waals surface area contributed by atoms with E-state index < -0.39 is 12.2 Å². The van der Waals surface area contributed by atoms with Gasteiger partial charge in [-0.3, -0.25) is 9.69 Å². The van der Waals surface area contributed by atoms with E-state index in [4.69, 9.17) is 20.9 Å². The van der Waals surface area contributed by atoms with Gasteiger partial charge in [0.25, 0.3) is 5.89 Å². The Bertz CT molecular complexity index is 807. The van der Waals surface area contributed by atoms with Crippen molar-refractivity contribution in [1.29, 1.82) is 0 Å². The van der Waals surface area contributed by atoms with Crippen LogP contribution in [0, 0.1) is 0 Å². The minimum absolute atomic E-state index is 0.173. The predicted molar refractivity (Wildman–Crippen MR) is 90.4 cm³/mol. The first-order chi connectivity index (χ1) is 12.0. The first kappa shape index (κ1) is 17.2. The van der Waals surface area contributed by atoms with Crippen LogP contribution in [0.2, 0.25) is 5.02 Å². The Morgan fingerprint density at radius 3 is 2.92 bits per heavy atom. The molecule has 0 radical (unpaired) electrons. The summed E-state index contributed by atoms with van der Waals surface area (Å²) >= 11 is 6.32. The van der Waals surface area contributed by atoms with Gasteiger partial charge in [-0.05, 0) is 18.2 Å². The molecule has 1 fully saturated rings. The number of hydrogen-bond donors (Lipinski definition) is 1. The molecule has 1 aromatic carbocycles. The monoisotopic (exact) mass is 364 g/mol. The minimum Gasteiger partial charge on any atom is -0.442 e. The molecule has 0 aliphatic carbocycles. The summed E-state index contributed by atoms with van der Waals surface area (Å²) in [5.41, 5.74) is 1.19. The van der Waals surface area contributed by atoms with E-state index in [1.54, 1.807) is 18.2 Å². The highest BCUT2D eigenvalue weighted by Gasteiger charge is 2.32. The van der Waals surface area contributed by atoms with Gasteiger partial charge < -0.3 is 14.6 Å². The molecule has 1 aliphatic heterocycles. The van der Waals surface area contributed by atoms with Crippen molar-refractivity contribution < 1.29 is 18.8 Å². The maximum Gasteiger partial charge on any atom is 0.414 e. The number of aromatic nitrogens is 2. The van der Waals surface area contributed by atoms with Gasteiger partial charge in [-0.2, -0.15) is 4.98 Å². The summed E-state index contributed by atoms with van der Waals surface area (Å²) < 4.78 is 10.4. The number of rotatable bonds is 5. The smallest absolute Gasteiger partial charge is 0.414 e. The first-order valence-electron chi connectivity index (χ1n) is 7.83. The molecule has 1 N–H and O–H groups in total. The molecular weight excluding hydrogens is 348 g/mol. The van der Waals surface area contributed by atoms with Gasteiger partial charge in [0.2, 0.25) is 5.91 Å². The number of halogens is 1. The number of cyclic esters (lactones) is 1. The molecular formula is C16H17ClN4O4. The van der Waals surface area contributed by atoms with Crippen LogP contribution in [0.3, 0.4) is 0 Å². The number of carbonyl (C=O) groups is 2. The Hall–Kier alpha value is -2.61. The summed E-state index contributed by atoms with van der Waals surface area (Å²) in [7, 11) is 0. The Morgan fingerprint density at radius 1 is 1.48 bits per heavy atom. The Kier molecular flexibility index (Phi) is 4.89. The molecule has 1 atom stereocenters. The fourth-order valence-electron chi connectivity index (χ4n) is 2.45. The molecule has 0 spiro atoms. The van der Waals surface area contributed by atoms with Crippen LogP contribution in [-0.4, -0.2) is 41.3 Å². The molecule has 9 heteroatoms. The van der Waals surface area contributed by atoms with E-state index in [9.17, 15) is 9.59 Å².